The van der Waals surface area contributed by atoms with Gasteiger partial charge in [-0.15, -0.1) is 0 Å². The zero-order valence-electron chi connectivity index (χ0n) is 12.9. The molecule has 0 radical (unpaired) electrons. The molecule has 1 aliphatic heterocycles. The number of hydrogen-bond donors (Lipinski definition) is 1. The van der Waals surface area contributed by atoms with Crippen LogP contribution in [0.1, 0.15) is 6.92 Å². The van der Waals surface area contributed by atoms with Crippen molar-refractivity contribution in [3.63, 3.8) is 0 Å². The van der Waals surface area contributed by atoms with Gasteiger partial charge in [0.1, 0.15) is 10.6 Å². The van der Waals surface area contributed by atoms with Gasteiger partial charge in [-0.25, -0.2) is 8.42 Å². The maximum absolute atomic E-state index is 12.9. The van der Waals surface area contributed by atoms with Crippen molar-refractivity contribution >= 4 is 15.7 Å². The van der Waals surface area contributed by atoms with E-state index in [2.05, 4.69) is 11.8 Å². The van der Waals surface area contributed by atoms with Crippen LogP contribution in [-0.2, 0) is 10.0 Å². The second-order valence-electron chi connectivity index (χ2n) is 5.74. The molecule has 118 valence electrons. The molecule has 1 heterocycles. The molecule has 1 fully saturated rings. The van der Waals surface area contributed by atoms with Gasteiger partial charge in [0, 0.05) is 24.8 Å². The lowest BCUT2D eigenvalue weighted by Crippen LogP contribution is -2.35. The lowest BCUT2D eigenvalue weighted by atomic mass is 10.1. The number of rotatable bonds is 4. The molecule has 2 unspecified atom stereocenters. The number of methoxy groups -OCH3 is 1. The largest absolute Gasteiger partial charge is 0.495 e. The van der Waals surface area contributed by atoms with E-state index in [0.717, 1.165) is 0 Å². The second kappa shape index (κ2) is 5.82. The topological polar surface area (TPSA) is 75.9 Å². The van der Waals surface area contributed by atoms with E-state index in [1.807, 2.05) is 14.1 Å². The van der Waals surface area contributed by atoms with Gasteiger partial charge in [-0.2, -0.15) is 4.31 Å². The fourth-order valence-corrected chi connectivity index (χ4v) is 4.56. The molecule has 21 heavy (non-hydrogen) atoms. The number of nitrogen functional groups attached to an aromatic ring is 1. The summed E-state index contributed by atoms with van der Waals surface area (Å²) in [5.74, 6) is 0.604. The van der Waals surface area contributed by atoms with Crippen LogP contribution in [0.5, 0.6) is 5.75 Å². The van der Waals surface area contributed by atoms with Gasteiger partial charge in [0.25, 0.3) is 0 Å². The van der Waals surface area contributed by atoms with E-state index >= 15 is 0 Å². The van der Waals surface area contributed by atoms with Crippen LogP contribution in [0.4, 0.5) is 5.69 Å². The van der Waals surface area contributed by atoms with Crippen molar-refractivity contribution in [2.24, 2.45) is 5.92 Å². The van der Waals surface area contributed by atoms with E-state index in [4.69, 9.17) is 10.5 Å². The molecule has 0 aliphatic carbocycles. The second-order valence-corrected chi connectivity index (χ2v) is 7.65. The number of anilines is 1. The number of benzene rings is 1. The molecule has 1 aromatic rings. The van der Waals surface area contributed by atoms with Gasteiger partial charge in [0.05, 0.1) is 7.11 Å². The summed E-state index contributed by atoms with van der Waals surface area (Å²) in [5, 5.41) is 0. The van der Waals surface area contributed by atoms with Crippen molar-refractivity contribution in [2.45, 2.75) is 17.9 Å². The fourth-order valence-electron chi connectivity index (χ4n) is 2.81. The molecular weight excluding hydrogens is 290 g/mol. The van der Waals surface area contributed by atoms with Crippen LogP contribution in [0.15, 0.2) is 23.1 Å². The van der Waals surface area contributed by atoms with Gasteiger partial charge in [-0.1, -0.05) is 6.92 Å². The highest BCUT2D eigenvalue weighted by atomic mass is 32.2. The predicted molar refractivity (Wildman–Crippen MR) is 82.8 cm³/mol. The highest BCUT2D eigenvalue weighted by Crippen LogP contribution is 2.32. The molecule has 2 N–H and O–H groups in total. The Balaban J connectivity index is 2.38. The van der Waals surface area contributed by atoms with Crippen molar-refractivity contribution < 1.29 is 13.2 Å². The Hall–Kier alpha value is -1.31. The van der Waals surface area contributed by atoms with Crippen LogP contribution < -0.4 is 10.5 Å². The zero-order chi connectivity index (χ0) is 15.8. The van der Waals surface area contributed by atoms with Crippen LogP contribution in [-0.4, -0.2) is 58.0 Å². The van der Waals surface area contributed by atoms with Crippen LogP contribution >= 0.6 is 0 Å². The van der Waals surface area contributed by atoms with Crippen molar-refractivity contribution in [1.29, 1.82) is 0 Å². The highest BCUT2D eigenvalue weighted by Gasteiger charge is 2.39. The third-order valence-electron chi connectivity index (χ3n) is 4.01. The summed E-state index contributed by atoms with van der Waals surface area (Å²) >= 11 is 0. The third-order valence-corrected chi connectivity index (χ3v) is 5.86. The van der Waals surface area contributed by atoms with Crippen molar-refractivity contribution in [3.8, 4) is 5.75 Å². The molecule has 6 nitrogen and oxygen atoms in total. The molecule has 1 aliphatic rings. The number of likely N-dealkylation sites (N-methyl/N-ethyl adjacent to an activating group) is 1. The molecule has 0 amide bonds. The Morgan fingerprint density at radius 1 is 1.33 bits per heavy atom. The minimum atomic E-state index is -3.60. The minimum Gasteiger partial charge on any atom is -0.495 e. The van der Waals surface area contributed by atoms with Crippen LogP contribution in [0, 0.1) is 5.92 Å². The maximum atomic E-state index is 12.9. The standard InChI is InChI=1S/C14H23N3O3S/c1-10-8-17(9-12(10)16(2)3)21(18,19)14-7-11(15)5-6-13(14)20-4/h5-7,10,12H,8-9,15H2,1-4H3. The summed E-state index contributed by atoms with van der Waals surface area (Å²) in [4.78, 5) is 2.20. The molecule has 2 rings (SSSR count). The summed E-state index contributed by atoms with van der Waals surface area (Å²) in [6.45, 7) is 3.05. The first-order valence-corrected chi connectivity index (χ1v) is 8.31. The van der Waals surface area contributed by atoms with Gasteiger partial charge in [-0.05, 0) is 38.2 Å². The number of hydrogen-bond acceptors (Lipinski definition) is 5. The van der Waals surface area contributed by atoms with Gasteiger partial charge in [0.15, 0.2) is 0 Å². The van der Waals surface area contributed by atoms with E-state index in [-0.39, 0.29) is 16.9 Å². The molecular formula is C14H23N3O3S. The first-order chi connectivity index (χ1) is 9.77. The molecule has 0 aromatic heterocycles. The predicted octanol–water partition coefficient (Wildman–Crippen LogP) is 0.848. The number of sulfonamides is 1. The normalized spacial score (nSPS) is 23.7. The highest BCUT2D eigenvalue weighted by molar-refractivity contribution is 7.89. The first-order valence-electron chi connectivity index (χ1n) is 6.87. The fraction of sp³-hybridized carbons (Fsp3) is 0.571. The van der Waals surface area contributed by atoms with Gasteiger partial charge >= 0.3 is 0 Å². The summed E-state index contributed by atoms with van der Waals surface area (Å²) in [6, 6.07) is 4.90. The quantitative estimate of drug-likeness (QED) is 0.834. The van der Waals surface area contributed by atoms with E-state index in [1.54, 1.807) is 12.1 Å². The Labute approximate surface area is 126 Å². The van der Waals surface area contributed by atoms with Crippen molar-refractivity contribution in [2.75, 3.05) is 40.0 Å². The Bertz CT molecular complexity index is 616. The van der Waals surface area contributed by atoms with Crippen LogP contribution in [0.3, 0.4) is 0 Å². The van der Waals surface area contributed by atoms with E-state index in [0.29, 0.717) is 24.5 Å². The monoisotopic (exact) mass is 313 g/mol. The summed E-state index contributed by atoms with van der Waals surface area (Å²) in [7, 11) is 1.80. The lowest BCUT2D eigenvalue weighted by Gasteiger charge is -2.22. The van der Waals surface area contributed by atoms with Crippen molar-refractivity contribution in [1.82, 2.24) is 9.21 Å². The van der Waals surface area contributed by atoms with E-state index in [1.165, 1.54) is 17.5 Å². The van der Waals surface area contributed by atoms with Gasteiger partial charge in [0.2, 0.25) is 10.0 Å². The number of nitrogens with zero attached hydrogens (tertiary/aromatic N) is 2. The SMILES string of the molecule is COc1ccc(N)cc1S(=O)(=O)N1CC(C)C(N(C)C)C1. The van der Waals surface area contributed by atoms with Gasteiger partial charge in [-0.3, -0.25) is 0 Å². The Morgan fingerprint density at radius 2 is 2.00 bits per heavy atom. The molecule has 0 bridgehead atoms. The molecule has 1 saturated heterocycles. The average molecular weight is 313 g/mol. The molecule has 0 spiro atoms. The molecule has 0 saturated carbocycles. The maximum Gasteiger partial charge on any atom is 0.246 e. The zero-order valence-corrected chi connectivity index (χ0v) is 13.7. The Kier molecular flexibility index (Phi) is 4.46. The average Bonchev–Trinajstić information content (AvgIpc) is 2.81. The smallest absolute Gasteiger partial charge is 0.246 e. The third kappa shape index (κ3) is 3.00. The van der Waals surface area contributed by atoms with E-state index < -0.39 is 10.0 Å². The van der Waals surface area contributed by atoms with Crippen LogP contribution in [0.2, 0.25) is 0 Å². The Morgan fingerprint density at radius 3 is 2.52 bits per heavy atom. The molecule has 7 heteroatoms. The summed E-state index contributed by atoms with van der Waals surface area (Å²) in [6.07, 6.45) is 0. The summed E-state index contributed by atoms with van der Waals surface area (Å²) in [5.41, 5.74) is 6.14. The molecule has 2 atom stereocenters. The minimum absolute atomic E-state index is 0.136. The number of ether oxygens (including phenoxy) is 1. The summed E-state index contributed by atoms with van der Waals surface area (Å²) < 4.78 is 32.4. The van der Waals surface area contributed by atoms with Crippen molar-refractivity contribution in [3.05, 3.63) is 18.2 Å². The number of nitrogens with two attached hydrogens (primary N) is 1. The van der Waals surface area contributed by atoms with Crippen LogP contribution in [0.25, 0.3) is 0 Å². The molecule has 1 aromatic carbocycles. The van der Waals surface area contributed by atoms with Gasteiger partial charge < -0.3 is 15.4 Å². The lowest BCUT2D eigenvalue weighted by molar-refractivity contribution is 0.263. The van der Waals surface area contributed by atoms with E-state index in [9.17, 15) is 8.42 Å². The first kappa shape index (κ1) is 16.1.